The van der Waals surface area contributed by atoms with Crippen LogP contribution in [0.5, 0.6) is 5.75 Å². The van der Waals surface area contributed by atoms with Crippen molar-refractivity contribution in [3.63, 3.8) is 0 Å². The molecule has 1 heterocycles. The molecular formula is C16H17NO3. The maximum absolute atomic E-state index is 10.7. The number of carbonyl (C=O) groups excluding carboxylic acids is 1. The normalized spacial score (nSPS) is 22.8. The van der Waals surface area contributed by atoms with Crippen molar-refractivity contribution < 1.29 is 14.6 Å². The van der Waals surface area contributed by atoms with E-state index in [4.69, 9.17) is 4.74 Å². The molecule has 2 aromatic carbocycles. The molecule has 4 heteroatoms. The van der Waals surface area contributed by atoms with Crippen LogP contribution in [0.4, 0.5) is 0 Å². The predicted molar refractivity (Wildman–Crippen MR) is 76.6 cm³/mol. The number of hydrogen-bond donors (Lipinski definition) is 1. The van der Waals surface area contributed by atoms with Crippen LogP contribution in [0.25, 0.3) is 10.8 Å². The van der Waals surface area contributed by atoms with Gasteiger partial charge in [0.15, 0.2) is 0 Å². The summed E-state index contributed by atoms with van der Waals surface area (Å²) < 4.78 is 5.98. The van der Waals surface area contributed by atoms with Gasteiger partial charge < -0.3 is 14.7 Å². The predicted octanol–water partition coefficient (Wildman–Crippen LogP) is 1.81. The van der Waals surface area contributed by atoms with Crippen molar-refractivity contribution in [1.29, 1.82) is 0 Å². The van der Waals surface area contributed by atoms with Crippen LogP contribution in [-0.2, 0) is 4.79 Å². The van der Waals surface area contributed by atoms with Crippen LogP contribution >= 0.6 is 0 Å². The van der Waals surface area contributed by atoms with Crippen molar-refractivity contribution in [2.45, 2.75) is 18.6 Å². The van der Waals surface area contributed by atoms with E-state index in [2.05, 4.69) is 0 Å². The van der Waals surface area contributed by atoms with E-state index in [0.29, 0.717) is 19.5 Å². The van der Waals surface area contributed by atoms with E-state index in [0.717, 1.165) is 22.9 Å². The molecule has 1 aliphatic heterocycles. The minimum absolute atomic E-state index is 0.267. The topological polar surface area (TPSA) is 49.8 Å². The van der Waals surface area contributed by atoms with E-state index in [1.165, 1.54) is 0 Å². The fraction of sp³-hybridized carbons (Fsp3) is 0.312. The van der Waals surface area contributed by atoms with Crippen molar-refractivity contribution in [2.24, 2.45) is 0 Å². The molecule has 20 heavy (non-hydrogen) atoms. The van der Waals surface area contributed by atoms with Crippen molar-refractivity contribution in [2.75, 3.05) is 13.1 Å². The number of likely N-dealkylation sites (tertiary alicyclic amines) is 1. The standard InChI is InChI=1S/C16H17NO3/c18-11-17-9-8-16(14(19)10-17)20-15-7-3-5-12-4-1-2-6-13(12)15/h1-7,11,14,16,19H,8-10H2. The molecule has 2 unspecified atom stereocenters. The number of fused-ring (bicyclic) bond motifs is 1. The molecule has 0 bridgehead atoms. The number of nitrogens with zero attached hydrogens (tertiary/aromatic N) is 1. The highest BCUT2D eigenvalue weighted by Crippen LogP contribution is 2.28. The molecule has 104 valence electrons. The van der Waals surface area contributed by atoms with Gasteiger partial charge in [-0.05, 0) is 11.5 Å². The number of aliphatic hydroxyl groups excluding tert-OH is 1. The van der Waals surface area contributed by atoms with Crippen LogP contribution in [0.2, 0.25) is 0 Å². The second kappa shape index (κ2) is 5.51. The van der Waals surface area contributed by atoms with E-state index in [1.54, 1.807) is 4.90 Å². The minimum Gasteiger partial charge on any atom is -0.487 e. The lowest BCUT2D eigenvalue weighted by Crippen LogP contribution is -2.48. The number of piperidine rings is 1. The third-order valence-corrected chi connectivity index (χ3v) is 3.73. The first-order chi connectivity index (χ1) is 9.78. The van der Waals surface area contributed by atoms with Gasteiger partial charge in [0.25, 0.3) is 0 Å². The molecular weight excluding hydrogens is 254 g/mol. The van der Waals surface area contributed by atoms with Crippen LogP contribution < -0.4 is 4.74 Å². The molecule has 0 saturated carbocycles. The van der Waals surface area contributed by atoms with Gasteiger partial charge in [0, 0.05) is 24.9 Å². The lowest BCUT2D eigenvalue weighted by Gasteiger charge is -2.34. The Hall–Kier alpha value is -2.07. The average Bonchev–Trinajstić information content (AvgIpc) is 2.49. The molecule has 1 saturated heterocycles. The maximum Gasteiger partial charge on any atom is 0.209 e. The Balaban J connectivity index is 1.81. The van der Waals surface area contributed by atoms with Gasteiger partial charge >= 0.3 is 0 Å². The number of β-amino-alcohol motifs (C(OH)–C–C–N with tert-alkyl or cyclic N) is 1. The first-order valence-electron chi connectivity index (χ1n) is 6.80. The largest absolute Gasteiger partial charge is 0.487 e. The second-order valence-electron chi connectivity index (χ2n) is 5.09. The molecule has 1 aliphatic rings. The van der Waals surface area contributed by atoms with Crippen LogP contribution in [0.1, 0.15) is 6.42 Å². The first kappa shape index (κ1) is 12.9. The van der Waals surface area contributed by atoms with E-state index in [-0.39, 0.29) is 6.10 Å². The molecule has 3 rings (SSSR count). The Morgan fingerprint density at radius 1 is 1.20 bits per heavy atom. The highest BCUT2D eigenvalue weighted by molar-refractivity contribution is 5.88. The smallest absolute Gasteiger partial charge is 0.209 e. The van der Waals surface area contributed by atoms with Gasteiger partial charge in [0.05, 0.1) is 0 Å². The molecule has 1 N–H and O–H groups in total. The first-order valence-corrected chi connectivity index (χ1v) is 6.80. The van der Waals surface area contributed by atoms with Gasteiger partial charge in [-0.2, -0.15) is 0 Å². The number of ether oxygens (including phenoxy) is 1. The van der Waals surface area contributed by atoms with Crippen molar-refractivity contribution >= 4 is 17.2 Å². The third-order valence-electron chi connectivity index (χ3n) is 3.73. The van der Waals surface area contributed by atoms with Crippen LogP contribution in [0.3, 0.4) is 0 Å². The number of hydrogen-bond acceptors (Lipinski definition) is 3. The molecule has 0 spiro atoms. The summed E-state index contributed by atoms with van der Waals surface area (Å²) in [6, 6.07) is 13.9. The molecule has 0 aromatic heterocycles. The van der Waals surface area contributed by atoms with Gasteiger partial charge in [-0.1, -0.05) is 36.4 Å². The summed E-state index contributed by atoms with van der Waals surface area (Å²) in [5.74, 6) is 0.784. The lowest BCUT2D eigenvalue weighted by atomic mass is 10.0. The highest BCUT2D eigenvalue weighted by Gasteiger charge is 2.28. The van der Waals surface area contributed by atoms with Crippen molar-refractivity contribution in [1.82, 2.24) is 4.90 Å². The van der Waals surface area contributed by atoms with E-state index < -0.39 is 6.10 Å². The lowest BCUT2D eigenvalue weighted by molar-refractivity contribution is -0.123. The SMILES string of the molecule is O=CN1CCC(Oc2cccc3ccccc23)C(O)C1. The molecule has 0 aliphatic carbocycles. The Morgan fingerprint density at radius 3 is 2.80 bits per heavy atom. The molecule has 1 fully saturated rings. The fourth-order valence-electron chi connectivity index (χ4n) is 2.63. The number of benzene rings is 2. The molecule has 4 nitrogen and oxygen atoms in total. The Labute approximate surface area is 117 Å². The van der Waals surface area contributed by atoms with Gasteiger partial charge in [-0.25, -0.2) is 0 Å². The maximum atomic E-state index is 10.7. The zero-order chi connectivity index (χ0) is 13.9. The number of carbonyl (C=O) groups is 1. The third kappa shape index (κ3) is 2.47. The Kier molecular flexibility index (Phi) is 3.56. The summed E-state index contributed by atoms with van der Waals surface area (Å²) in [6.07, 6.45) is 0.505. The van der Waals surface area contributed by atoms with E-state index in [1.807, 2.05) is 42.5 Å². The highest BCUT2D eigenvalue weighted by atomic mass is 16.5. The molecule has 2 aromatic rings. The molecule has 1 amide bonds. The summed E-state index contributed by atoms with van der Waals surface area (Å²) >= 11 is 0. The average molecular weight is 271 g/mol. The summed E-state index contributed by atoms with van der Waals surface area (Å²) in [6.45, 7) is 0.953. The van der Waals surface area contributed by atoms with Gasteiger partial charge in [0.1, 0.15) is 18.0 Å². The van der Waals surface area contributed by atoms with E-state index in [9.17, 15) is 9.90 Å². The zero-order valence-electron chi connectivity index (χ0n) is 11.1. The van der Waals surface area contributed by atoms with E-state index >= 15 is 0 Å². The van der Waals surface area contributed by atoms with Crippen molar-refractivity contribution in [3.05, 3.63) is 42.5 Å². The Morgan fingerprint density at radius 2 is 2.00 bits per heavy atom. The summed E-state index contributed by atoms with van der Waals surface area (Å²) in [7, 11) is 0. The summed E-state index contributed by atoms with van der Waals surface area (Å²) in [5, 5.41) is 12.2. The minimum atomic E-state index is -0.645. The van der Waals surface area contributed by atoms with Crippen LogP contribution in [0, 0.1) is 0 Å². The fourth-order valence-corrected chi connectivity index (χ4v) is 2.63. The number of aliphatic hydroxyl groups is 1. The number of rotatable bonds is 3. The van der Waals surface area contributed by atoms with Gasteiger partial charge in [0.2, 0.25) is 6.41 Å². The zero-order valence-corrected chi connectivity index (χ0v) is 11.1. The number of amides is 1. The quantitative estimate of drug-likeness (QED) is 0.866. The van der Waals surface area contributed by atoms with Crippen LogP contribution in [0.15, 0.2) is 42.5 Å². The van der Waals surface area contributed by atoms with Crippen molar-refractivity contribution in [3.8, 4) is 5.75 Å². The Bertz CT molecular complexity index is 608. The molecule has 2 atom stereocenters. The summed E-state index contributed by atoms with van der Waals surface area (Å²) in [4.78, 5) is 12.3. The van der Waals surface area contributed by atoms with Crippen LogP contribution in [-0.4, -0.2) is 41.7 Å². The second-order valence-corrected chi connectivity index (χ2v) is 5.09. The monoisotopic (exact) mass is 271 g/mol. The van der Waals surface area contributed by atoms with Gasteiger partial charge in [-0.3, -0.25) is 4.79 Å². The molecule has 0 radical (unpaired) electrons. The summed E-state index contributed by atoms with van der Waals surface area (Å²) in [5.41, 5.74) is 0. The van der Waals surface area contributed by atoms with Gasteiger partial charge in [-0.15, -0.1) is 0 Å².